The van der Waals surface area contributed by atoms with Crippen LogP contribution in [0.25, 0.3) is 0 Å². The van der Waals surface area contributed by atoms with E-state index in [9.17, 15) is 0 Å². The zero-order chi connectivity index (χ0) is 13.7. The van der Waals surface area contributed by atoms with Gasteiger partial charge in [-0.05, 0) is 43.7 Å². The monoisotopic (exact) mass is 259 g/mol. The molecule has 3 heteroatoms. The summed E-state index contributed by atoms with van der Waals surface area (Å²) >= 11 is 0. The summed E-state index contributed by atoms with van der Waals surface area (Å²) in [6, 6.07) is 12.7. The van der Waals surface area contributed by atoms with E-state index in [0.29, 0.717) is 6.04 Å². The molecule has 0 spiro atoms. The predicted octanol–water partition coefficient (Wildman–Crippen LogP) is 3.57. The molecule has 0 aliphatic carbocycles. The third-order valence-corrected chi connectivity index (χ3v) is 3.22. The summed E-state index contributed by atoms with van der Waals surface area (Å²) in [7, 11) is 1.69. The molecule has 3 nitrogen and oxygen atoms in total. The highest BCUT2D eigenvalue weighted by atomic mass is 16.5. The summed E-state index contributed by atoms with van der Waals surface area (Å²) < 4.78 is 10.6. The lowest BCUT2D eigenvalue weighted by Gasteiger charge is -2.20. The van der Waals surface area contributed by atoms with Crippen LogP contribution in [0.15, 0.2) is 47.1 Å². The Morgan fingerprint density at radius 3 is 2.74 bits per heavy atom. The number of ether oxygens (including phenoxy) is 1. The van der Waals surface area contributed by atoms with Crippen LogP contribution in [-0.2, 0) is 6.42 Å². The van der Waals surface area contributed by atoms with E-state index in [0.717, 1.165) is 17.9 Å². The zero-order valence-electron chi connectivity index (χ0n) is 11.7. The molecular weight excluding hydrogens is 238 g/mol. The molecule has 2 atom stereocenters. The van der Waals surface area contributed by atoms with Gasteiger partial charge in [-0.25, -0.2) is 0 Å². The zero-order valence-corrected chi connectivity index (χ0v) is 11.7. The molecule has 1 aromatic carbocycles. The number of methoxy groups -OCH3 is 1. The molecule has 0 aliphatic heterocycles. The van der Waals surface area contributed by atoms with Crippen molar-refractivity contribution >= 4 is 0 Å². The van der Waals surface area contributed by atoms with E-state index < -0.39 is 0 Å². The Morgan fingerprint density at radius 1 is 1.21 bits per heavy atom. The van der Waals surface area contributed by atoms with E-state index >= 15 is 0 Å². The summed E-state index contributed by atoms with van der Waals surface area (Å²) in [4.78, 5) is 0. The van der Waals surface area contributed by atoms with Gasteiger partial charge in [0, 0.05) is 18.5 Å². The fourth-order valence-electron chi connectivity index (χ4n) is 2.22. The Kier molecular flexibility index (Phi) is 4.63. The van der Waals surface area contributed by atoms with Crippen molar-refractivity contribution in [3.63, 3.8) is 0 Å². The highest BCUT2D eigenvalue weighted by Crippen LogP contribution is 2.19. The lowest BCUT2D eigenvalue weighted by molar-refractivity contribution is 0.409. The molecule has 2 rings (SSSR count). The molecule has 0 fully saturated rings. The molecular formula is C16H21NO2. The average molecular weight is 259 g/mol. The van der Waals surface area contributed by atoms with Gasteiger partial charge in [0.05, 0.1) is 13.4 Å². The van der Waals surface area contributed by atoms with E-state index in [1.165, 1.54) is 5.56 Å². The average Bonchev–Trinajstić information content (AvgIpc) is 2.91. The maximum absolute atomic E-state index is 5.37. The van der Waals surface area contributed by atoms with Gasteiger partial charge in [-0.2, -0.15) is 0 Å². The van der Waals surface area contributed by atoms with Crippen LogP contribution in [0.4, 0.5) is 0 Å². The van der Waals surface area contributed by atoms with Gasteiger partial charge in [0.25, 0.3) is 0 Å². The number of nitrogens with one attached hydrogen (secondary N) is 1. The van der Waals surface area contributed by atoms with Crippen molar-refractivity contribution < 1.29 is 9.15 Å². The van der Waals surface area contributed by atoms with Crippen LogP contribution in [-0.4, -0.2) is 13.2 Å². The Labute approximate surface area is 114 Å². The van der Waals surface area contributed by atoms with Gasteiger partial charge in [0.2, 0.25) is 0 Å². The number of hydrogen-bond donors (Lipinski definition) is 1. The summed E-state index contributed by atoms with van der Waals surface area (Å²) in [5, 5.41) is 3.57. The van der Waals surface area contributed by atoms with E-state index in [1.54, 1.807) is 13.4 Å². The molecule has 1 aromatic heterocycles. The Balaban J connectivity index is 1.94. The number of furan rings is 1. The molecule has 19 heavy (non-hydrogen) atoms. The second kappa shape index (κ2) is 6.43. The first-order valence-electron chi connectivity index (χ1n) is 6.61. The first-order valence-corrected chi connectivity index (χ1v) is 6.61. The van der Waals surface area contributed by atoms with E-state index in [4.69, 9.17) is 9.15 Å². The lowest BCUT2D eigenvalue weighted by atomic mass is 10.1. The summed E-state index contributed by atoms with van der Waals surface area (Å²) in [6.07, 6.45) is 2.61. The topological polar surface area (TPSA) is 34.4 Å². The van der Waals surface area contributed by atoms with E-state index in [-0.39, 0.29) is 6.04 Å². The third-order valence-electron chi connectivity index (χ3n) is 3.22. The van der Waals surface area contributed by atoms with Crippen molar-refractivity contribution in [1.29, 1.82) is 0 Å². The molecule has 0 bridgehead atoms. The van der Waals surface area contributed by atoms with Gasteiger partial charge >= 0.3 is 0 Å². The van der Waals surface area contributed by atoms with Crippen LogP contribution >= 0.6 is 0 Å². The van der Waals surface area contributed by atoms with Gasteiger partial charge in [0.15, 0.2) is 0 Å². The maximum Gasteiger partial charge on any atom is 0.119 e. The second-order valence-corrected chi connectivity index (χ2v) is 4.85. The summed E-state index contributed by atoms with van der Waals surface area (Å²) in [5.41, 5.74) is 1.23. The number of rotatable bonds is 6. The van der Waals surface area contributed by atoms with Crippen molar-refractivity contribution in [3.8, 4) is 5.75 Å². The van der Waals surface area contributed by atoms with Gasteiger partial charge in [-0.3, -0.25) is 0 Å². The predicted molar refractivity (Wildman–Crippen MR) is 76.4 cm³/mol. The summed E-state index contributed by atoms with van der Waals surface area (Å²) in [6.45, 7) is 4.33. The van der Waals surface area contributed by atoms with Crippen molar-refractivity contribution in [2.75, 3.05) is 7.11 Å². The fourth-order valence-corrected chi connectivity index (χ4v) is 2.22. The molecule has 102 valence electrons. The van der Waals surface area contributed by atoms with Crippen molar-refractivity contribution in [2.24, 2.45) is 0 Å². The Hall–Kier alpha value is -1.74. The molecule has 2 aromatic rings. The van der Waals surface area contributed by atoms with Gasteiger partial charge in [0.1, 0.15) is 11.5 Å². The molecule has 1 unspecified atom stereocenters. The van der Waals surface area contributed by atoms with Crippen LogP contribution in [0, 0.1) is 0 Å². The molecule has 0 aliphatic rings. The molecule has 0 amide bonds. The van der Waals surface area contributed by atoms with Crippen molar-refractivity contribution in [2.45, 2.75) is 32.4 Å². The quantitative estimate of drug-likeness (QED) is 0.861. The van der Waals surface area contributed by atoms with Gasteiger partial charge in [-0.15, -0.1) is 0 Å². The minimum absolute atomic E-state index is 0.278. The van der Waals surface area contributed by atoms with Gasteiger partial charge in [-0.1, -0.05) is 12.1 Å². The van der Waals surface area contributed by atoms with Crippen LogP contribution in [0.5, 0.6) is 5.75 Å². The first-order chi connectivity index (χ1) is 9.19. The molecule has 0 saturated heterocycles. The highest BCUT2D eigenvalue weighted by Gasteiger charge is 2.11. The minimum atomic E-state index is 0.278. The van der Waals surface area contributed by atoms with E-state index in [2.05, 4.69) is 31.3 Å². The largest absolute Gasteiger partial charge is 0.497 e. The smallest absolute Gasteiger partial charge is 0.119 e. The highest BCUT2D eigenvalue weighted by molar-refractivity contribution is 5.30. The number of hydrogen-bond acceptors (Lipinski definition) is 3. The summed E-state index contributed by atoms with van der Waals surface area (Å²) in [5.74, 6) is 1.91. The van der Waals surface area contributed by atoms with Crippen molar-refractivity contribution in [1.82, 2.24) is 5.32 Å². The van der Waals surface area contributed by atoms with Crippen LogP contribution in [0.1, 0.15) is 31.2 Å². The lowest BCUT2D eigenvalue weighted by Crippen LogP contribution is -2.30. The Bertz CT molecular complexity index is 493. The van der Waals surface area contributed by atoms with E-state index in [1.807, 2.05) is 24.3 Å². The Morgan fingerprint density at radius 2 is 2.05 bits per heavy atom. The molecule has 1 N–H and O–H groups in total. The molecule has 0 radical (unpaired) electrons. The molecule has 1 heterocycles. The standard InChI is InChI=1S/C16H21NO2/c1-12(10-16-8-5-9-19-16)17-13(2)14-6-4-7-15(11-14)18-3/h4-9,11-13,17H,10H2,1-3H3/t12?,13-/m0/s1. The van der Waals surface area contributed by atoms with Crippen LogP contribution in [0.3, 0.4) is 0 Å². The molecule has 0 saturated carbocycles. The van der Waals surface area contributed by atoms with Crippen LogP contribution in [0.2, 0.25) is 0 Å². The SMILES string of the molecule is COc1cccc([C@H](C)NC(C)Cc2ccco2)c1. The first kappa shape index (κ1) is 13.7. The third kappa shape index (κ3) is 3.86. The second-order valence-electron chi connectivity index (χ2n) is 4.85. The number of benzene rings is 1. The van der Waals surface area contributed by atoms with Crippen molar-refractivity contribution in [3.05, 3.63) is 54.0 Å². The maximum atomic E-state index is 5.37. The van der Waals surface area contributed by atoms with Gasteiger partial charge < -0.3 is 14.5 Å². The minimum Gasteiger partial charge on any atom is -0.497 e. The normalized spacial score (nSPS) is 14.1. The fraction of sp³-hybridized carbons (Fsp3) is 0.375. The van der Waals surface area contributed by atoms with Crippen LogP contribution < -0.4 is 10.1 Å².